The Kier molecular flexibility index (Phi) is 5.95. The number of aliphatic hydroxyl groups is 1. The van der Waals surface area contributed by atoms with Crippen molar-refractivity contribution in [1.82, 2.24) is 0 Å². The molecule has 0 amide bonds. The van der Waals surface area contributed by atoms with E-state index in [1.165, 1.54) is 0 Å². The lowest BCUT2D eigenvalue weighted by Crippen LogP contribution is -2.62. The van der Waals surface area contributed by atoms with Crippen LogP contribution in [0.1, 0.15) is 52.9 Å². The Morgan fingerprint density at radius 1 is 1.25 bits per heavy atom. The number of allylic oxidation sites excluding steroid dienone is 4. The Balaban J connectivity index is 1.73. The second-order valence-electron chi connectivity index (χ2n) is 9.90. The number of carbonyl (C=O) groups excluding carboxylic acids is 3. The van der Waals surface area contributed by atoms with Gasteiger partial charge in [-0.2, -0.15) is 0 Å². The van der Waals surface area contributed by atoms with Gasteiger partial charge in [-0.05, 0) is 63.0 Å². The van der Waals surface area contributed by atoms with Gasteiger partial charge in [0.05, 0.1) is 12.7 Å². The molecule has 1 N–H and O–H groups in total. The summed E-state index contributed by atoms with van der Waals surface area (Å²) < 4.78 is 15.9. The van der Waals surface area contributed by atoms with Crippen LogP contribution in [0.2, 0.25) is 0 Å². The predicted molar refractivity (Wildman–Crippen MR) is 116 cm³/mol. The van der Waals surface area contributed by atoms with Gasteiger partial charge in [-0.3, -0.25) is 4.79 Å². The number of aliphatic hydroxyl groups excluding tert-OH is 1. The summed E-state index contributed by atoms with van der Waals surface area (Å²) in [5.41, 5.74) is -1.72. The Morgan fingerprint density at radius 3 is 2.69 bits per heavy atom. The number of alkyl halides is 1. The Hall–Kier alpha value is -1.86. The first kappa shape index (κ1) is 23.3. The van der Waals surface area contributed by atoms with Crippen molar-refractivity contribution < 1.29 is 33.7 Å². The number of halogens is 1. The first-order valence-corrected chi connectivity index (χ1v) is 11.9. The van der Waals surface area contributed by atoms with Crippen LogP contribution in [-0.4, -0.2) is 47.4 Å². The molecule has 0 aliphatic heterocycles. The minimum atomic E-state index is -1.54. The van der Waals surface area contributed by atoms with Crippen LogP contribution in [0.4, 0.5) is 4.79 Å². The molecule has 6 unspecified atom stereocenters. The quantitative estimate of drug-likeness (QED) is 0.495. The SMILES string of the molecule is CCOC(=O)[C@@]1(OC(=O)OCCl)CCC2C3CCC4=CC(=O)C=CC4(C)C3C(O)CC21C. The topological polar surface area (TPSA) is 99.1 Å². The normalized spacial score (nSPS) is 42.3. The zero-order chi connectivity index (χ0) is 23.3. The Labute approximate surface area is 193 Å². The summed E-state index contributed by atoms with van der Waals surface area (Å²) in [6.07, 6.45) is 6.28. The van der Waals surface area contributed by atoms with Crippen molar-refractivity contribution in [2.45, 2.75) is 64.6 Å². The van der Waals surface area contributed by atoms with E-state index in [1.807, 2.05) is 13.0 Å². The zero-order valence-corrected chi connectivity index (χ0v) is 19.5. The molecule has 0 aromatic rings. The minimum Gasteiger partial charge on any atom is -0.463 e. The fraction of sp³-hybridized carbons (Fsp3) is 0.708. The molecular formula is C24H31ClO7. The third-order valence-corrected chi connectivity index (χ3v) is 8.76. The van der Waals surface area contributed by atoms with Crippen LogP contribution in [0, 0.1) is 28.6 Å². The fourth-order valence-corrected chi connectivity index (χ4v) is 7.41. The van der Waals surface area contributed by atoms with E-state index in [9.17, 15) is 19.5 Å². The van der Waals surface area contributed by atoms with Gasteiger partial charge in [0.2, 0.25) is 5.60 Å². The van der Waals surface area contributed by atoms with Gasteiger partial charge < -0.3 is 19.3 Å². The van der Waals surface area contributed by atoms with Gasteiger partial charge in [0.15, 0.2) is 11.8 Å². The van der Waals surface area contributed by atoms with Crippen LogP contribution in [-0.2, 0) is 23.8 Å². The summed E-state index contributed by atoms with van der Waals surface area (Å²) in [4.78, 5) is 37.5. The summed E-state index contributed by atoms with van der Waals surface area (Å²) in [6.45, 7) is 5.86. The van der Waals surface area contributed by atoms with Gasteiger partial charge in [-0.1, -0.05) is 37.1 Å². The Bertz CT molecular complexity index is 882. The number of hydrogen-bond acceptors (Lipinski definition) is 7. The van der Waals surface area contributed by atoms with E-state index in [0.29, 0.717) is 12.8 Å². The van der Waals surface area contributed by atoms with Gasteiger partial charge in [0.1, 0.15) is 0 Å². The van der Waals surface area contributed by atoms with Crippen molar-refractivity contribution in [1.29, 1.82) is 0 Å². The second-order valence-corrected chi connectivity index (χ2v) is 10.1. The smallest absolute Gasteiger partial charge is 0.463 e. The number of hydrogen-bond donors (Lipinski definition) is 1. The van der Waals surface area contributed by atoms with Crippen molar-refractivity contribution >= 4 is 29.5 Å². The summed E-state index contributed by atoms with van der Waals surface area (Å²) in [7, 11) is 0. The molecule has 7 nitrogen and oxygen atoms in total. The monoisotopic (exact) mass is 466 g/mol. The van der Waals surface area contributed by atoms with Crippen LogP contribution in [0.3, 0.4) is 0 Å². The van der Waals surface area contributed by atoms with Crippen molar-refractivity contribution in [3.63, 3.8) is 0 Å². The lowest BCUT2D eigenvalue weighted by Gasteiger charge is -2.59. The lowest BCUT2D eigenvalue weighted by molar-refractivity contribution is -0.200. The predicted octanol–water partition coefficient (Wildman–Crippen LogP) is 3.92. The number of ether oxygens (including phenoxy) is 3. The molecule has 7 atom stereocenters. The van der Waals surface area contributed by atoms with Crippen molar-refractivity contribution in [3.8, 4) is 0 Å². The maximum absolute atomic E-state index is 13.2. The maximum atomic E-state index is 13.2. The summed E-state index contributed by atoms with van der Waals surface area (Å²) >= 11 is 5.53. The van der Waals surface area contributed by atoms with Crippen LogP contribution in [0.25, 0.3) is 0 Å². The number of fused-ring (bicyclic) bond motifs is 5. The standard InChI is InChI=1S/C24H31ClO7/c1-4-30-20(28)24(32-21(29)31-13-25)10-8-17-16-6-5-14-11-15(26)7-9-22(14,2)19(16)18(27)12-23(17,24)3/h7,9,11,16-19,27H,4-6,8,10,12-13H2,1-3H3/t16?,17?,18?,19?,22?,23?,24-/m0/s1. The molecule has 3 saturated carbocycles. The second kappa shape index (κ2) is 8.17. The van der Waals surface area contributed by atoms with Gasteiger partial charge in [0.25, 0.3) is 0 Å². The highest BCUT2D eigenvalue weighted by molar-refractivity contribution is 6.17. The largest absolute Gasteiger partial charge is 0.510 e. The first-order valence-electron chi connectivity index (χ1n) is 11.3. The summed E-state index contributed by atoms with van der Waals surface area (Å²) in [5, 5.41) is 11.5. The molecule has 0 bridgehead atoms. The number of esters is 1. The van der Waals surface area contributed by atoms with Crippen LogP contribution < -0.4 is 0 Å². The molecule has 4 aliphatic carbocycles. The zero-order valence-electron chi connectivity index (χ0n) is 18.8. The van der Waals surface area contributed by atoms with E-state index in [-0.39, 0.29) is 42.6 Å². The van der Waals surface area contributed by atoms with E-state index in [0.717, 1.165) is 18.4 Å². The summed E-state index contributed by atoms with van der Waals surface area (Å²) in [6, 6.07) is -0.385. The van der Waals surface area contributed by atoms with E-state index >= 15 is 0 Å². The van der Waals surface area contributed by atoms with Crippen LogP contribution >= 0.6 is 11.6 Å². The van der Waals surface area contributed by atoms with Gasteiger partial charge in [-0.25, -0.2) is 9.59 Å². The van der Waals surface area contributed by atoms with Crippen LogP contribution in [0.15, 0.2) is 23.8 Å². The van der Waals surface area contributed by atoms with E-state index in [1.54, 1.807) is 19.1 Å². The van der Waals surface area contributed by atoms with E-state index in [4.69, 9.17) is 25.8 Å². The minimum absolute atomic E-state index is 0.0144. The number of rotatable bonds is 4. The molecule has 32 heavy (non-hydrogen) atoms. The highest BCUT2D eigenvalue weighted by Crippen LogP contribution is 2.68. The molecule has 8 heteroatoms. The lowest BCUT2D eigenvalue weighted by atomic mass is 9.46. The third kappa shape index (κ3) is 3.23. The average molecular weight is 467 g/mol. The fourth-order valence-electron chi connectivity index (χ4n) is 7.32. The molecule has 0 saturated heterocycles. The molecule has 3 fully saturated rings. The molecule has 0 spiro atoms. The molecule has 0 radical (unpaired) electrons. The Morgan fingerprint density at radius 2 is 2.00 bits per heavy atom. The molecule has 4 rings (SSSR count). The van der Waals surface area contributed by atoms with Gasteiger partial charge in [-0.15, -0.1) is 0 Å². The molecular weight excluding hydrogens is 436 g/mol. The number of carbonyl (C=O) groups is 3. The van der Waals surface area contributed by atoms with Crippen molar-refractivity contribution in [3.05, 3.63) is 23.8 Å². The van der Waals surface area contributed by atoms with E-state index in [2.05, 4.69) is 6.92 Å². The summed E-state index contributed by atoms with van der Waals surface area (Å²) in [5.74, 6) is -0.564. The molecule has 0 aromatic heterocycles. The molecule has 0 heterocycles. The first-order chi connectivity index (χ1) is 15.1. The van der Waals surface area contributed by atoms with Crippen LogP contribution in [0.5, 0.6) is 0 Å². The van der Waals surface area contributed by atoms with Gasteiger partial charge in [0, 0.05) is 16.7 Å². The van der Waals surface area contributed by atoms with Gasteiger partial charge >= 0.3 is 12.1 Å². The third-order valence-electron chi connectivity index (χ3n) is 8.65. The molecule has 0 aromatic carbocycles. The van der Waals surface area contributed by atoms with Crippen molar-refractivity contribution in [2.75, 3.05) is 12.7 Å². The maximum Gasteiger partial charge on any atom is 0.510 e. The van der Waals surface area contributed by atoms with E-state index < -0.39 is 34.7 Å². The molecule has 4 aliphatic rings. The molecule has 176 valence electrons. The highest BCUT2D eigenvalue weighted by atomic mass is 35.5. The highest BCUT2D eigenvalue weighted by Gasteiger charge is 2.71. The van der Waals surface area contributed by atoms with Crippen molar-refractivity contribution in [2.24, 2.45) is 28.6 Å². The number of ketones is 1. The average Bonchev–Trinajstić information content (AvgIpc) is 3.01.